The maximum atomic E-state index is 10.5. The first kappa shape index (κ1) is 5.61. The summed E-state index contributed by atoms with van der Waals surface area (Å²) in [5.41, 5.74) is -0.498. The summed E-state index contributed by atoms with van der Waals surface area (Å²) in [6.07, 6.45) is 1.13. The lowest BCUT2D eigenvalue weighted by Crippen LogP contribution is -2.10. The third-order valence-electron chi connectivity index (χ3n) is 0.840. The zero-order valence-electron chi connectivity index (χ0n) is 4.53. The number of hydrogen-bond donors (Lipinski definition) is 2. The fraction of sp³-hybridized carbons (Fsp3) is 0. The molecule has 0 aliphatic rings. The summed E-state index contributed by atoms with van der Waals surface area (Å²) in [5.74, 6) is -0.215. The van der Waals surface area contributed by atoms with Crippen molar-refractivity contribution in [3.8, 4) is 5.88 Å². The average molecular weight is 127 g/mol. The van der Waals surface area contributed by atoms with Crippen molar-refractivity contribution in [3.63, 3.8) is 0 Å². The van der Waals surface area contributed by atoms with E-state index in [9.17, 15) is 4.79 Å². The van der Waals surface area contributed by atoms with E-state index in [1.54, 1.807) is 0 Å². The van der Waals surface area contributed by atoms with E-state index in [4.69, 9.17) is 5.11 Å². The van der Waals surface area contributed by atoms with E-state index in [2.05, 4.69) is 16.8 Å². The van der Waals surface area contributed by atoms with Crippen LogP contribution in [0.5, 0.6) is 5.88 Å². The van der Waals surface area contributed by atoms with Crippen molar-refractivity contribution in [2.24, 2.45) is 5.10 Å². The van der Waals surface area contributed by atoms with Gasteiger partial charge in [-0.25, -0.2) is 4.79 Å². The molecule has 9 heavy (non-hydrogen) atoms. The Labute approximate surface area is 50.3 Å². The van der Waals surface area contributed by atoms with E-state index in [0.29, 0.717) is 0 Å². The van der Waals surface area contributed by atoms with Crippen LogP contribution in [0, 0.1) is 0 Å². The van der Waals surface area contributed by atoms with Crippen LogP contribution >= 0.6 is 0 Å². The first-order chi connectivity index (χ1) is 4.24. The lowest BCUT2D eigenvalue weighted by atomic mass is 10.9. The summed E-state index contributed by atoms with van der Waals surface area (Å²) >= 11 is 0. The highest BCUT2D eigenvalue weighted by atomic mass is 16.3. The molecule has 0 radical (unpaired) electrons. The van der Waals surface area contributed by atoms with Gasteiger partial charge < -0.3 is 5.11 Å². The van der Waals surface area contributed by atoms with Crippen LogP contribution in [0.25, 0.3) is 0 Å². The van der Waals surface area contributed by atoms with Gasteiger partial charge in [0, 0.05) is 6.72 Å². The highest BCUT2D eigenvalue weighted by molar-refractivity contribution is 5.23. The Morgan fingerprint density at radius 1 is 1.89 bits per heavy atom. The van der Waals surface area contributed by atoms with Crippen LogP contribution in [0.4, 0.5) is 0 Å². The Morgan fingerprint density at radius 2 is 2.56 bits per heavy atom. The number of rotatable bonds is 1. The molecule has 0 saturated heterocycles. The predicted octanol–water partition coefficient (Wildman–Crippen LogP) is -0.654. The molecule has 48 valence electrons. The van der Waals surface area contributed by atoms with E-state index < -0.39 is 5.69 Å². The molecule has 0 atom stereocenters. The number of nitrogens with zero attached hydrogens (tertiary/aromatic N) is 2. The molecule has 0 saturated carbocycles. The molecule has 0 aliphatic carbocycles. The molecule has 0 aromatic carbocycles. The molecular weight excluding hydrogens is 122 g/mol. The molecule has 2 N–H and O–H groups in total. The monoisotopic (exact) mass is 127 g/mol. The Bertz CT molecular complexity index is 272. The first-order valence-corrected chi connectivity index (χ1v) is 2.21. The standard InChI is InChI=1S/C4H5N3O2/c1-5-7-2-3(8)6-4(7)9/h2,8H,1H2,(H,6,9). The molecule has 0 aliphatic heterocycles. The van der Waals surface area contributed by atoms with Gasteiger partial charge in [0.2, 0.25) is 5.88 Å². The van der Waals surface area contributed by atoms with Gasteiger partial charge in [-0.05, 0) is 0 Å². The van der Waals surface area contributed by atoms with Crippen LogP contribution < -0.4 is 5.69 Å². The summed E-state index contributed by atoms with van der Waals surface area (Å²) in [7, 11) is 0. The fourth-order valence-electron chi connectivity index (χ4n) is 0.479. The lowest BCUT2D eigenvalue weighted by molar-refractivity contribution is 0.455. The number of aromatic nitrogens is 2. The van der Waals surface area contributed by atoms with Crippen LogP contribution in [0.15, 0.2) is 16.1 Å². The van der Waals surface area contributed by atoms with Crippen molar-refractivity contribution in [1.29, 1.82) is 0 Å². The topological polar surface area (TPSA) is 70.4 Å². The summed E-state index contributed by atoms with van der Waals surface area (Å²) in [4.78, 5) is 12.6. The van der Waals surface area contributed by atoms with Crippen molar-refractivity contribution in [3.05, 3.63) is 16.7 Å². The molecule has 0 spiro atoms. The molecule has 1 heterocycles. The number of H-pyrrole nitrogens is 1. The van der Waals surface area contributed by atoms with E-state index in [-0.39, 0.29) is 5.88 Å². The van der Waals surface area contributed by atoms with Gasteiger partial charge in [-0.2, -0.15) is 9.78 Å². The molecule has 1 rings (SSSR count). The number of aromatic hydroxyl groups is 1. The molecule has 0 amide bonds. The fourth-order valence-corrected chi connectivity index (χ4v) is 0.479. The molecule has 1 aromatic heterocycles. The Hall–Kier alpha value is -1.52. The predicted molar refractivity (Wildman–Crippen MR) is 31.7 cm³/mol. The SMILES string of the molecule is C=Nn1cc(O)[nH]c1=O. The molecule has 5 heteroatoms. The van der Waals surface area contributed by atoms with Crippen LogP contribution in [-0.4, -0.2) is 21.5 Å². The highest BCUT2D eigenvalue weighted by Crippen LogP contribution is 1.95. The van der Waals surface area contributed by atoms with Crippen molar-refractivity contribution < 1.29 is 5.11 Å². The van der Waals surface area contributed by atoms with Crippen molar-refractivity contribution >= 4 is 6.72 Å². The number of aromatic amines is 1. The summed E-state index contributed by atoms with van der Waals surface area (Å²) < 4.78 is 0.898. The normalized spacial score (nSPS) is 9.33. The molecule has 0 unspecified atom stereocenters. The van der Waals surface area contributed by atoms with E-state index in [1.807, 2.05) is 0 Å². The molecule has 5 nitrogen and oxygen atoms in total. The maximum absolute atomic E-state index is 10.5. The minimum atomic E-state index is -0.498. The minimum absolute atomic E-state index is 0.215. The van der Waals surface area contributed by atoms with E-state index in [1.165, 1.54) is 0 Å². The number of imidazole rings is 1. The zero-order chi connectivity index (χ0) is 6.85. The third kappa shape index (κ3) is 0.835. The first-order valence-electron chi connectivity index (χ1n) is 2.21. The Kier molecular flexibility index (Phi) is 1.11. The van der Waals surface area contributed by atoms with Gasteiger partial charge in [-0.15, -0.1) is 0 Å². The summed E-state index contributed by atoms with van der Waals surface area (Å²) in [6.45, 7) is 3.09. The van der Waals surface area contributed by atoms with Gasteiger partial charge >= 0.3 is 5.69 Å². The zero-order valence-corrected chi connectivity index (χ0v) is 4.53. The van der Waals surface area contributed by atoms with Crippen molar-refractivity contribution in [2.75, 3.05) is 0 Å². The molecular formula is C4H5N3O2. The van der Waals surface area contributed by atoms with Crippen molar-refractivity contribution in [2.45, 2.75) is 0 Å². The second-order valence-corrected chi connectivity index (χ2v) is 1.43. The van der Waals surface area contributed by atoms with Crippen LogP contribution in [0.2, 0.25) is 0 Å². The van der Waals surface area contributed by atoms with Gasteiger partial charge in [-0.3, -0.25) is 4.98 Å². The smallest absolute Gasteiger partial charge is 0.349 e. The van der Waals surface area contributed by atoms with E-state index >= 15 is 0 Å². The van der Waals surface area contributed by atoms with Gasteiger partial charge in [0.25, 0.3) is 0 Å². The Morgan fingerprint density at radius 3 is 2.78 bits per heavy atom. The van der Waals surface area contributed by atoms with Crippen LogP contribution in [-0.2, 0) is 0 Å². The molecule has 1 aromatic rings. The van der Waals surface area contributed by atoms with Crippen LogP contribution in [0.3, 0.4) is 0 Å². The highest BCUT2D eigenvalue weighted by Gasteiger charge is 1.95. The Balaban J connectivity index is 3.32. The van der Waals surface area contributed by atoms with Gasteiger partial charge in [0.05, 0.1) is 6.20 Å². The van der Waals surface area contributed by atoms with Crippen LogP contribution in [0.1, 0.15) is 0 Å². The molecule has 0 fully saturated rings. The minimum Gasteiger partial charge on any atom is -0.493 e. The van der Waals surface area contributed by atoms with E-state index in [0.717, 1.165) is 10.9 Å². The largest absolute Gasteiger partial charge is 0.493 e. The third-order valence-corrected chi connectivity index (χ3v) is 0.840. The maximum Gasteiger partial charge on any atom is 0.349 e. The number of hydrogen-bond acceptors (Lipinski definition) is 3. The summed E-state index contributed by atoms with van der Waals surface area (Å²) in [5, 5.41) is 11.9. The second kappa shape index (κ2) is 1.77. The lowest BCUT2D eigenvalue weighted by Gasteiger charge is -1.79. The average Bonchev–Trinajstić information content (AvgIpc) is 2.10. The second-order valence-electron chi connectivity index (χ2n) is 1.43. The van der Waals surface area contributed by atoms with Gasteiger partial charge in [0.15, 0.2) is 0 Å². The quantitative estimate of drug-likeness (QED) is 0.492. The number of nitrogens with one attached hydrogen (secondary N) is 1. The van der Waals surface area contributed by atoms with Gasteiger partial charge in [-0.1, -0.05) is 0 Å². The van der Waals surface area contributed by atoms with Crippen molar-refractivity contribution in [1.82, 2.24) is 9.66 Å². The van der Waals surface area contributed by atoms with Gasteiger partial charge in [0.1, 0.15) is 0 Å². The summed E-state index contributed by atoms with van der Waals surface area (Å²) in [6, 6.07) is 0. The molecule has 0 bridgehead atoms.